The van der Waals surface area contributed by atoms with Crippen molar-refractivity contribution in [3.05, 3.63) is 0 Å². The molecule has 1 aliphatic heterocycles. The van der Waals surface area contributed by atoms with Gasteiger partial charge < -0.3 is 10.0 Å². The van der Waals surface area contributed by atoms with Gasteiger partial charge in [-0.25, -0.2) is 0 Å². The highest BCUT2D eigenvalue weighted by Gasteiger charge is 2.30. The van der Waals surface area contributed by atoms with Gasteiger partial charge in [-0.3, -0.25) is 9.59 Å². The predicted octanol–water partition coefficient (Wildman–Crippen LogP) is 0.966. The van der Waals surface area contributed by atoms with Crippen molar-refractivity contribution in [1.82, 2.24) is 4.90 Å². The van der Waals surface area contributed by atoms with Gasteiger partial charge in [0.25, 0.3) is 0 Å². The molecule has 0 aliphatic carbocycles. The lowest BCUT2D eigenvalue weighted by atomic mass is 9.95. The zero-order chi connectivity index (χ0) is 10.7. The first-order valence-electron chi connectivity index (χ1n) is 5.05. The molecule has 0 spiro atoms. The molecule has 4 heteroatoms. The molecular weight excluding hydrogens is 182 g/mol. The number of nitrogens with zero attached hydrogens (tertiary/aromatic N) is 1. The summed E-state index contributed by atoms with van der Waals surface area (Å²) < 4.78 is 0. The molecule has 0 bridgehead atoms. The van der Waals surface area contributed by atoms with Crippen LogP contribution in [0.4, 0.5) is 0 Å². The third-order valence-corrected chi connectivity index (χ3v) is 2.95. The first-order chi connectivity index (χ1) is 6.54. The molecule has 0 radical (unpaired) electrons. The average molecular weight is 199 g/mol. The van der Waals surface area contributed by atoms with Crippen molar-refractivity contribution in [1.29, 1.82) is 0 Å². The molecule has 0 aromatic heterocycles. The highest BCUT2D eigenvalue weighted by molar-refractivity contribution is 5.84. The van der Waals surface area contributed by atoms with E-state index < -0.39 is 17.8 Å². The molecule has 0 saturated carbocycles. The third kappa shape index (κ3) is 2.25. The predicted molar refractivity (Wildman–Crippen MR) is 51.8 cm³/mol. The van der Waals surface area contributed by atoms with Gasteiger partial charge in [0.15, 0.2) is 0 Å². The number of rotatable bonds is 3. The fourth-order valence-corrected chi connectivity index (χ4v) is 1.65. The average Bonchev–Trinajstić information content (AvgIpc) is 2.67. The Morgan fingerprint density at radius 1 is 1.14 bits per heavy atom. The molecule has 1 rings (SSSR count). The van der Waals surface area contributed by atoms with Crippen LogP contribution in [0.2, 0.25) is 0 Å². The molecule has 0 aromatic carbocycles. The standard InChI is InChI=1S/C10H17NO3/c1-7(8(2)10(13)14)9(12)11-5-3-4-6-11/h7-8H,3-6H2,1-2H3,(H,13,14). The fourth-order valence-electron chi connectivity index (χ4n) is 1.65. The molecule has 2 atom stereocenters. The number of aliphatic carboxylic acids is 1. The van der Waals surface area contributed by atoms with Crippen LogP contribution in [0.1, 0.15) is 26.7 Å². The van der Waals surface area contributed by atoms with Crippen LogP contribution in [0, 0.1) is 11.8 Å². The Labute approximate surface area is 83.9 Å². The van der Waals surface area contributed by atoms with E-state index in [1.165, 1.54) is 0 Å². The zero-order valence-corrected chi connectivity index (χ0v) is 8.69. The van der Waals surface area contributed by atoms with Crippen molar-refractivity contribution in [3.8, 4) is 0 Å². The summed E-state index contributed by atoms with van der Waals surface area (Å²) in [6.07, 6.45) is 2.08. The minimum absolute atomic E-state index is 0.0163. The van der Waals surface area contributed by atoms with Gasteiger partial charge in [-0.15, -0.1) is 0 Å². The Balaban J connectivity index is 2.54. The Morgan fingerprint density at radius 2 is 1.64 bits per heavy atom. The second kappa shape index (κ2) is 4.44. The Bertz CT molecular complexity index is 234. The Hall–Kier alpha value is -1.06. The zero-order valence-electron chi connectivity index (χ0n) is 8.69. The minimum atomic E-state index is -0.898. The number of carboxylic acids is 1. The summed E-state index contributed by atoms with van der Waals surface area (Å²) in [4.78, 5) is 24.2. The van der Waals surface area contributed by atoms with Crippen molar-refractivity contribution in [3.63, 3.8) is 0 Å². The lowest BCUT2D eigenvalue weighted by molar-refractivity contribution is -0.148. The lowest BCUT2D eigenvalue weighted by Gasteiger charge is -2.22. The normalized spacial score (nSPS) is 20.6. The topological polar surface area (TPSA) is 57.6 Å². The monoisotopic (exact) mass is 199 g/mol. The van der Waals surface area contributed by atoms with Gasteiger partial charge in [0.2, 0.25) is 5.91 Å². The van der Waals surface area contributed by atoms with Gasteiger partial charge >= 0.3 is 5.97 Å². The molecule has 80 valence electrons. The van der Waals surface area contributed by atoms with Gasteiger partial charge in [-0.2, -0.15) is 0 Å². The SMILES string of the molecule is CC(C(=O)O)C(C)C(=O)N1CCCC1. The van der Waals surface area contributed by atoms with Gasteiger partial charge in [0, 0.05) is 19.0 Å². The molecule has 2 unspecified atom stereocenters. The number of carbonyl (C=O) groups excluding carboxylic acids is 1. The molecular formula is C10H17NO3. The van der Waals surface area contributed by atoms with Gasteiger partial charge in [-0.1, -0.05) is 13.8 Å². The highest BCUT2D eigenvalue weighted by Crippen LogP contribution is 2.18. The quantitative estimate of drug-likeness (QED) is 0.736. The van der Waals surface area contributed by atoms with Crippen LogP contribution < -0.4 is 0 Å². The Morgan fingerprint density at radius 3 is 2.07 bits per heavy atom. The van der Waals surface area contributed by atoms with Crippen LogP contribution in [-0.2, 0) is 9.59 Å². The van der Waals surface area contributed by atoms with Crippen LogP contribution in [-0.4, -0.2) is 35.0 Å². The maximum Gasteiger partial charge on any atom is 0.307 e. The number of hydrogen-bond donors (Lipinski definition) is 1. The maximum absolute atomic E-state index is 11.8. The fraction of sp³-hybridized carbons (Fsp3) is 0.800. The Kier molecular flexibility index (Phi) is 3.49. The number of hydrogen-bond acceptors (Lipinski definition) is 2. The third-order valence-electron chi connectivity index (χ3n) is 2.95. The van der Waals surface area contributed by atoms with Crippen LogP contribution >= 0.6 is 0 Å². The van der Waals surface area contributed by atoms with Gasteiger partial charge in [0.1, 0.15) is 0 Å². The molecule has 4 nitrogen and oxygen atoms in total. The van der Waals surface area contributed by atoms with Crippen LogP contribution in [0.25, 0.3) is 0 Å². The van der Waals surface area contributed by atoms with E-state index in [-0.39, 0.29) is 5.91 Å². The first kappa shape index (κ1) is 11.0. The smallest absolute Gasteiger partial charge is 0.307 e. The number of carboxylic acid groups (broad SMARTS) is 1. The van der Waals surface area contributed by atoms with Crippen molar-refractivity contribution in [2.45, 2.75) is 26.7 Å². The van der Waals surface area contributed by atoms with Crippen LogP contribution in [0.15, 0.2) is 0 Å². The molecule has 0 aromatic rings. The largest absolute Gasteiger partial charge is 0.481 e. The summed E-state index contributed by atoms with van der Waals surface area (Å²) in [5, 5.41) is 8.77. The molecule has 1 heterocycles. The van der Waals surface area contributed by atoms with Crippen molar-refractivity contribution in [2.24, 2.45) is 11.8 Å². The first-order valence-corrected chi connectivity index (χ1v) is 5.05. The highest BCUT2D eigenvalue weighted by atomic mass is 16.4. The summed E-state index contributed by atoms with van der Waals surface area (Å²) in [6.45, 7) is 4.85. The molecule has 14 heavy (non-hydrogen) atoms. The molecule has 1 fully saturated rings. The van der Waals surface area contributed by atoms with E-state index in [4.69, 9.17) is 5.11 Å². The number of likely N-dealkylation sites (tertiary alicyclic amines) is 1. The van der Waals surface area contributed by atoms with E-state index in [1.807, 2.05) is 0 Å². The summed E-state index contributed by atoms with van der Waals surface area (Å²) >= 11 is 0. The van der Waals surface area contributed by atoms with Gasteiger partial charge in [0.05, 0.1) is 5.92 Å². The van der Waals surface area contributed by atoms with Gasteiger partial charge in [-0.05, 0) is 12.8 Å². The molecule has 1 amide bonds. The van der Waals surface area contributed by atoms with Crippen molar-refractivity contribution in [2.75, 3.05) is 13.1 Å². The maximum atomic E-state index is 11.8. The number of carbonyl (C=O) groups is 2. The summed E-state index contributed by atoms with van der Waals surface area (Å²) in [6, 6.07) is 0. The van der Waals surface area contributed by atoms with Crippen molar-refractivity contribution < 1.29 is 14.7 Å². The molecule has 1 saturated heterocycles. The summed E-state index contributed by atoms with van der Waals surface area (Å²) in [5.41, 5.74) is 0. The van der Waals surface area contributed by atoms with E-state index in [0.717, 1.165) is 25.9 Å². The molecule has 1 N–H and O–H groups in total. The second-order valence-electron chi connectivity index (χ2n) is 3.95. The number of amides is 1. The second-order valence-corrected chi connectivity index (χ2v) is 3.95. The summed E-state index contributed by atoms with van der Waals surface area (Å²) in [7, 11) is 0. The van der Waals surface area contributed by atoms with Crippen LogP contribution in [0.3, 0.4) is 0 Å². The van der Waals surface area contributed by atoms with E-state index in [9.17, 15) is 9.59 Å². The lowest BCUT2D eigenvalue weighted by Crippen LogP contribution is -2.37. The van der Waals surface area contributed by atoms with Crippen LogP contribution in [0.5, 0.6) is 0 Å². The van der Waals surface area contributed by atoms with E-state index in [1.54, 1.807) is 18.7 Å². The summed E-state index contributed by atoms with van der Waals surface area (Å²) in [5.74, 6) is -1.92. The minimum Gasteiger partial charge on any atom is -0.481 e. The van der Waals surface area contributed by atoms with E-state index in [0.29, 0.717) is 0 Å². The van der Waals surface area contributed by atoms with Crippen molar-refractivity contribution >= 4 is 11.9 Å². The van der Waals surface area contributed by atoms with E-state index >= 15 is 0 Å². The molecule has 1 aliphatic rings. The van der Waals surface area contributed by atoms with E-state index in [2.05, 4.69) is 0 Å².